The number of carbonyl (C=O) groups excluding carboxylic acids is 2. The fraction of sp³-hybridized carbons (Fsp3) is 0.312. The number of anilines is 2. The number of carbonyl (C=O) groups is 2. The molecule has 0 unspecified atom stereocenters. The monoisotopic (exact) mass is 651 g/mol. The van der Waals surface area contributed by atoms with Crippen LogP contribution in [0.15, 0.2) is 61.1 Å². The van der Waals surface area contributed by atoms with Gasteiger partial charge in [0.2, 0.25) is 5.91 Å². The number of imide groups is 1. The number of urea groups is 1. The van der Waals surface area contributed by atoms with Gasteiger partial charge >= 0.3 is 6.03 Å². The van der Waals surface area contributed by atoms with E-state index < -0.39 is 11.9 Å². The number of nitrogens with zero attached hydrogens (tertiary/aromatic N) is 5. The topological polar surface area (TPSA) is 119 Å². The number of ether oxygens (including phenoxy) is 1. The highest BCUT2D eigenvalue weighted by Crippen LogP contribution is 2.37. The van der Waals surface area contributed by atoms with E-state index in [9.17, 15) is 14.0 Å². The summed E-state index contributed by atoms with van der Waals surface area (Å²) in [5.41, 5.74) is 9.96. The summed E-state index contributed by atoms with van der Waals surface area (Å²) in [4.78, 5) is 32.4. The van der Waals surface area contributed by atoms with Crippen LogP contribution >= 0.6 is 23.2 Å². The molecule has 0 radical (unpaired) electrons. The van der Waals surface area contributed by atoms with Crippen LogP contribution in [0, 0.1) is 5.82 Å². The number of amides is 3. The van der Waals surface area contributed by atoms with Gasteiger partial charge in [0.05, 0.1) is 17.3 Å². The van der Waals surface area contributed by atoms with Gasteiger partial charge in [-0.25, -0.2) is 14.2 Å². The first-order chi connectivity index (χ1) is 21.7. The summed E-state index contributed by atoms with van der Waals surface area (Å²) < 4.78 is 22.1. The predicted molar refractivity (Wildman–Crippen MR) is 171 cm³/mol. The number of nitrogen functional groups attached to an aromatic ring is 1. The molecule has 2 aliphatic rings. The second-order valence-corrected chi connectivity index (χ2v) is 12.0. The van der Waals surface area contributed by atoms with Gasteiger partial charge in [0.15, 0.2) is 11.6 Å². The van der Waals surface area contributed by atoms with Crippen molar-refractivity contribution in [1.29, 1.82) is 0 Å². The first-order valence-electron chi connectivity index (χ1n) is 14.7. The van der Waals surface area contributed by atoms with E-state index >= 15 is 0 Å². The Hall–Kier alpha value is -4.19. The largest absolute Gasteiger partial charge is 0.482 e. The van der Waals surface area contributed by atoms with Crippen molar-refractivity contribution < 1.29 is 18.7 Å². The lowest BCUT2D eigenvalue weighted by Gasteiger charge is -2.34. The summed E-state index contributed by atoms with van der Waals surface area (Å²) in [7, 11) is 0. The Labute approximate surface area is 269 Å². The lowest BCUT2D eigenvalue weighted by atomic mass is 10.0. The lowest BCUT2D eigenvalue weighted by Crippen LogP contribution is -2.50. The average Bonchev–Trinajstić information content (AvgIpc) is 3.52. The standard InChI is InChI=1S/C32H32Cl2FN7O3/c1-19(29-24(33)6-7-25(35)30(29)34)45-27-14-21(15-37-31(27)36)22-16-38-42(18-22)23-8-11-40(12-9-23)17-20-4-2-3-5-26(20)41-13-10-28(43)39-32(41)44/h2-7,14-16,18-19,23H,8-13,17H2,1H3,(H2,36,37)(H,39,43,44)/t19-/m1/s1. The van der Waals surface area contributed by atoms with Gasteiger partial charge in [-0.3, -0.25) is 24.6 Å². The van der Waals surface area contributed by atoms with Crippen LogP contribution in [0.25, 0.3) is 11.1 Å². The van der Waals surface area contributed by atoms with Crippen LogP contribution in [0.4, 0.5) is 20.7 Å². The SMILES string of the molecule is C[C@@H](Oc1cc(-c2cnn(C3CCN(Cc4ccccc4N4CCC(=O)NC4=O)CC3)c2)cnc1N)c1c(Cl)ccc(F)c1Cl. The van der Waals surface area contributed by atoms with Crippen LogP contribution in [0.3, 0.4) is 0 Å². The Bertz CT molecular complexity index is 1740. The van der Waals surface area contributed by atoms with Crippen LogP contribution in [0.5, 0.6) is 5.75 Å². The lowest BCUT2D eigenvalue weighted by molar-refractivity contribution is -0.120. The fourth-order valence-corrected chi connectivity index (χ4v) is 6.52. The molecule has 10 nitrogen and oxygen atoms in total. The third-order valence-electron chi connectivity index (χ3n) is 8.27. The van der Waals surface area contributed by atoms with E-state index in [0.29, 0.717) is 29.4 Å². The molecule has 2 aromatic heterocycles. The van der Waals surface area contributed by atoms with Crippen LogP contribution in [0.2, 0.25) is 10.0 Å². The van der Waals surface area contributed by atoms with Crippen molar-refractivity contribution in [1.82, 2.24) is 25.0 Å². The second-order valence-electron chi connectivity index (χ2n) is 11.2. The van der Waals surface area contributed by atoms with Crippen LogP contribution in [-0.4, -0.2) is 51.2 Å². The highest BCUT2D eigenvalue weighted by Gasteiger charge is 2.28. The van der Waals surface area contributed by atoms with Gasteiger partial charge in [-0.2, -0.15) is 5.10 Å². The highest BCUT2D eigenvalue weighted by atomic mass is 35.5. The minimum absolute atomic E-state index is 0.0960. The second kappa shape index (κ2) is 13.0. The van der Waals surface area contributed by atoms with E-state index in [1.165, 1.54) is 12.1 Å². The third-order valence-corrected chi connectivity index (χ3v) is 8.98. The Kier molecular flexibility index (Phi) is 8.93. The maximum Gasteiger partial charge on any atom is 0.328 e. The number of piperidine rings is 1. The van der Waals surface area contributed by atoms with Gasteiger partial charge < -0.3 is 10.5 Å². The molecule has 6 rings (SSSR count). The number of pyridine rings is 1. The van der Waals surface area contributed by atoms with E-state index in [0.717, 1.165) is 48.3 Å². The van der Waals surface area contributed by atoms with Gasteiger partial charge in [-0.05, 0) is 49.6 Å². The number of benzene rings is 2. The molecule has 0 saturated carbocycles. The Morgan fingerprint density at radius 1 is 1.09 bits per heavy atom. The molecule has 2 fully saturated rings. The number of hydrogen-bond donors (Lipinski definition) is 2. The molecule has 3 amide bonds. The number of halogens is 3. The molecule has 3 N–H and O–H groups in total. The summed E-state index contributed by atoms with van der Waals surface area (Å²) >= 11 is 12.5. The molecule has 0 spiro atoms. The zero-order valence-electron chi connectivity index (χ0n) is 24.6. The van der Waals surface area contributed by atoms with E-state index in [1.54, 1.807) is 30.3 Å². The number of para-hydroxylation sites is 1. The normalized spacial score (nSPS) is 16.9. The molecule has 4 aromatic rings. The molecule has 2 aromatic carbocycles. The fourth-order valence-electron chi connectivity index (χ4n) is 5.84. The third kappa shape index (κ3) is 6.61. The summed E-state index contributed by atoms with van der Waals surface area (Å²) in [6.45, 7) is 4.52. The molecule has 4 heterocycles. The summed E-state index contributed by atoms with van der Waals surface area (Å²) in [5, 5.41) is 7.26. The molecule has 0 aliphatic carbocycles. The molecule has 13 heteroatoms. The van der Waals surface area contributed by atoms with Crippen molar-refractivity contribution in [2.24, 2.45) is 0 Å². The molecule has 2 saturated heterocycles. The van der Waals surface area contributed by atoms with Gasteiger partial charge in [0.25, 0.3) is 0 Å². The Morgan fingerprint density at radius 2 is 1.87 bits per heavy atom. The van der Waals surface area contributed by atoms with Gasteiger partial charge in [-0.1, -0.05) is 41.4 Å². The molecule has 2 aliphatic heterocycles. The van der Waals surface area contributed by atoms with Crippen molar-refractivity contribution in [3.63, 3.8) is 0 Å². The molecular weight excluding hydrogens is 620 g/mol. The zero-order valence-corrected chi connectivity index (χ0v) is 26.1. The first-order valence-corrected chi connectivity index (χ1v) is 15.4. The Balaban J connectivity index is 1.10. The Morgan fingerprint density at radius 3 is 2.64 bits per heavy atom. The van der Waals surface area contributed by atoms with E-state index in [2.05, 4.69) is 20.3 Å². The summed E-state index contributed by atoms with van der Waals surface area (Å²) in [5.74, 6) is -0.318. The highest BCUT2D eigenvalue weighted by molar-refractivity contribution is 6.36. The van der Waals surface area contributed by atoms with Crippen molar-refractivity contribution in [3.05, 3.63) is 88.0 Å². The number of likely N-dealkylation sites (tertiary alicyclic amines) is 1. The van der Waals surface area contributed by atoms with E-state index in [-0.39, 0.29) is 35.2 Å². The molecule has 1 atom stereocenters. The first kappa shape index (κ1) is 30.8. The molecular formula is C32H32Cl2FN7O3. The van der Waals surface area contributed by atoms with Crippen molar-refractivity contribution in [2.75, 3.05) is 30.3 Å². The number of rotatable bonds is 8. The van der Waals surface area contributed by atoms with Crippen molar-refractivity contribution >= 4 is 46.6 Å². The van der Waals surface area contributed by atoms with Crippen molar-refractivity contribution in [3.8, 4) is 16.9 Å². The quantitative estimate of drug-likeness (QED) is 0.212. The number of hydrogen-bond acceptors (Lipinski definition) is 7. The van der Waals surface area contributed by atoms with E-state index in [4.69, 9.17) is 33.7 Å². The van der Waals surface area contributed by atoms with Crippen LogP contribution < -0.4 is 20.7 Å². The van der Waals surface area contributed by atoms with Crippen LogP contribution in [-0.2, 0) is 11.3 Å². The zero-order chi connectivity index (χ0) is 31.7. The van der Waals surface area contributed by atoms with Gasteiger partial charge in [-0.15, -0.1) is 0 Å². The smallest absolute Gasteiger partial charge is 0.328 e. The number of nitrogens with one attached hydrogen (secondary N) is 1. The number of aromatic nitrogens is 3. The van der Waals surface area contributed by atoms with Crippen molar-refractivity contribution in [2.45, 2.75) is 44.9 Å². The molecule has 45 heavy (non-hydrogen) atoms. The summed E-state index contributed by atoms with van der Waals surface area (Å²) in [6.07, 6.45) is 6.86. The average molecular weight is 653 g/mol. The van der Waals surface area contributed by atoms with Gasteiger partial charge in [0.1, 0.15) is 11.9 Å². The minimum Gasteiger partial charge on any atom is -0.482 e. The van der Waals surface area contributed by atoms with E-state index in [1.807, 2.05) is 35.1 Å². The molecule has 234 valence electrons. The number of nitrogens with two attached hydrogens (primary N) is 1. The minimum atomic E-state index is -0.680. The maximum atomic E-state index is 14.1. The van der Waals surface area contributed by atoms with Crippen LogP contribution in [0.1, 0.15) is 49.5 Å². The maximum absolute atomic E-state index is 14.1. The van der Waals surface area contributed by atoms with Gasteiger partial charge in [0, 0.05) is 72.4 Å². The molecule has 0 bridgehead atoms. The summed E-state index contributed by atoms with van der Waals surface area (Å²) in [6, 6.07) is 12.1. The predicted octanol–water partition coefficient (Wildman–Crippen LogP) is 6.40.